The summed E-state index contributed by atoms with van der Waals surface area (Å²) in [5, 5.41) is 12.6. The maximum atomic E-state index is 11.0. The fourth-order valence-corrected chi connectivity index (χ4v) is 2.07. The van der Waals surface area contributed by atoms with Gasteiger partial charge in [0.05, 0.1) is 6.61 Å². The monoisotopic (exact) mass is 345 g/mol. The van der Waals surface area contributed by atoms with Crippen LogP contribution in [0, 0.1) is 0 Å². The van der Waals surface area contributed by atoms with E-state index in [1.165, 1.54) is 6.92 Å². The molecule has 0 saturated carbocycles. The Hall–Kier alpha value is -2.73. The van der Waals surface area contributed by atoms with E-state index in [2.05, 4.69) is 5.32 Å². The van der Waals surface area contributed by atoms with Crippen molar-refractivity contribution >= 4 is 11.6 Å². The summed E-state index contributed by atoms with van der Waals surface area (Å²) in [6.07, 6.45) is -0.762. The predicted molar refractivity (Wildman–Crippen MR) is 95.4 cm³/mol. The van der Waals surface area contributed by atoms with E-state index in [9.17, 15) is 9.90 Å². The van der Waals surface area contributed by atoms with Gasteiger partial charge >= 0.3 is 0 Å². The van der Waals surface area contributed by atoms with Crippen molar-refractivity contribution in [3.8, 4) is 17.2 Å². The first-order valence-electron chi connectivity index (χ1n) is 8.11. The van der Waals surface area contributed by atoms with Crippen LogP contribution in [0.3, 0.4) is 0 Å². The fraction of sp³-hybridized carbons (Fsp3) is 0.316. The Kier molecular flexibility index (Phi) is 7.10. The number of benzene rings is 2. The number of ether oxygens (including phenoxy) is 3. The number of rotatable bonds is 9. The first-order valence-corrected chi connectivity index (χ1v) is 8.11. The van der Waals surface area contributed by atoms with E-state index < -0.39 is 6.10 Å². The summed E-state index contributed by atoms with van der Waals surface area (Å²) in [6.45, 7) is 4.22. The minimum absolute atomic E-state index is 0.108. The van der Waals surface area contributed by atoms with Crippen LogP contribution in [0.5, 0.6) is 17.2 Å². The second kappa shape index (κ2) is 9.54. The molecule has 0 aliphatic rings. The maximum absolute atomic E-state index is 11.0. The third kappa shape index (κ3) is 6.73. The molecule has 134 valence electrons. The highest BCUT2D eigenvalue weighted by atomic mass is 16.5. The Balaban J connectivity index is 1.72. The first kappa shape index (κ1) is 18.6. The molecular formula is C19H23NO5. The number of aliphatic hydroxyl groups excluding tert-OH is 1. The summed E-state index contributed by atoms with van der Waals surface area (Å²) in [7, 11) is 0. The molecule has 6 heteroatoms. The van der Waals surface area contributed by atoms with Crippen molar-refractivity contribution in [3.63, 3.8) is 0 Å². The van der Waals surface area contributed by atoms with E-state index in [1.54, 1.807) is 36.4 Å². The summed E-state index contributed by atoms with van der Waals surface area (Å²) in [5.41, 5.74) is 0.694. The molecule has 6 nitrogen and oxygen atoms in total. The van der Waals surface area contributed by atoms with Gasteiger partial charge in [-0.1, -0.05) is 0 Å². The SMILES string of the molecule is CCOc1ccc(OC[C@@H](O)COc2ccc(NC(C)=O)cc2)cc1. The third-order valence-corrected chi connectivity index (χ3v) is 3.19. The van der Waals surface area contributed by atoms with E-state index in [0.717, 1.165) is 5.75 Å². The van der Waals surface area contributed by atoms with E-state index in [1.807, 2.05) is 19.1 Å². The van der Waals surface area contributed by atoms with Gasteiger partial charge in [-0.15, -0.1) is 0 Å². The molecule has 0 radical (unpaired) electrons. The van der Waals surface area contributed by atoms with Gasteiger partial charge in [0.1, 0.15) is 36.6 Å². The minimum atomic E-state index is -0.762. The Morgan fingerprint density at radius 3 is 1.80 bits per heavy atom. The van der Waals surface area contributed by atoms with Gasteiger partial charge in [0.15, 0.2) is 0 Å². The second-order valence-electron chi connectivity index (χ2n) is 5.39. The molecule has 25 heavy (non-hydrogen) atoms. The van der Waals surface area contributed by atoms with Crippen molar-refractivity contribution in [1.29, 1.82) is 0 Å². The molecular weight excluding hydrogens is 322 g/mol. The summed E-state index contributed by atoms with van der Waals surface area (Å²) >= 11 is 0. The number of hydrogen-bond acceptors (Lipinski definition) is 5. The van der Waals surface area contributed by atoms with E-state index in [4.69, 9.17) is 14.2 Å². The summed E-state index contributed by atoms with van der Waals surface area (Å²) < 4.78 is 16.4. The number of nitrogens with one attached hydrogen (secondary N) is 1. The van der Waals surface area contributed by atoms with Gasteiger partial charge in [0.2, 0.25) is 5.91 Å². The van der Waals surface area contributed by atoms with Crippen molar-refractivity contribution in [3.05, 3.63) is 48.5 Å². The summed E-state index contributed by atoms with van der Waals surface area (Å²) in [4.78, 5) is 11.0. The number of anilines is 1. The van der Waals surface area contributed by atoms with Gasteiger partial charge in [-0.25, -0.2) is 0 Å². The van der Waals surface area contributed by atoms with Gasteiger partial charge in [-0.2, -0.15) is 0 Å². The molecule has 2 N–H and O–H groups in total. The topological polar surface area (TPSA) is 77.0 Å². The molecule has 2 aromatic rings. The largest absolute Gasteiger partial charge is 0.494 e. The molecule has 0 spiro atoms. The molecule has 0 fully saturated rings. The molecule has 0 unspecified atom stereocenters. The van der Waals surface area contributed by atoms with Crippen LogP contribution >= 0.6 is 0 Å². The average molecular weight is 345 g/mol. The molecule has 2 rings (SSSR count). The summed E-state index contributed by atoms with van der Waals surface area (Å²) in [6, 6.07) is 14.1. The lowest BCUT2D eigenvalue weighted by molar-refractivity contribution is -0.114. The van der Waals surface area contributed by atoms with Gasteiger partial charge in [0, 0.05) is 12.6 Å². The molecule has 1 atom stereocenters. The zero-order valence-electron chi connectivity index (χ0n) is 14.4. The van der Waals surface area contributed by atoms with Crippen molar-refractivity contribution in [2.45, 2.75) is 20.0 Å². The molecule has 0 aliphatic heterocycles. The predicted octanol–water partition coefficient (Wildman–Crippen LogP) is 2.86. The van der Waals surface area contributed by atoms with Crippen molar-refractivity contribution in [2.75, 3.05) is 25.1 Å². The van der Waals surface area contributed by atoms with E-state index in [0.29, 0.717) is 23.8 Å². The normalized spacial score (nSPS) is 11.5. The fourth-order valence-electron chi connectivity index (χ4n) is 2.07. The van der Waals surface area contributed by atoms with E-state index in [-0.39, 0.29) is 19.1 Å². The van der Waals surface area contributed by atoms with Crippen LogP contribution < -0.4 is 19.5 Å². The lowest BCUT2D eigenvalue weighted by Gasteiger charge is -2.14. The van der Waals surface area contributed by atoms with Crippen molar-refractivity contribution < 1.29 is 24.1 Å². The highest BCUT2D eigenvalue weighted by Crippen LogP contribution is 2.18. The second-order valence-corrected chi connectivity index (χ2v) is 5.39. The van der Waals surface area contributed by atoms with E-state index >= 15 is 0 Å². The van der Waals surface area contributed by atoms with Crippen molar-refractivity contribution in [2.24, 2.45) is 0 Å². The maximum Gasteiger partial charge on any atom is 0.221 e. The molecule has 0 aliphatic carbocycles. The van der Waals surface area contributed by atoms with Crippen LogP contribution in [0.1, 0.15) is 13.8 Å². The van der Waals surface area contributed by atoms with Gasteiger partial charge in [0.25, 0.3) is 0 Å². The smallest absolute Gasteiger partial charge is 0.221 e. The van der Waals surface area contributed by atoms with Crippen LogP contribution in [-0.4, -0.2) is 36.9 Å². The lowest BCUT2D eigenvalue weighted by Crippen LogP contribution is -2.25. The zero-order chi connectivity index (χ0) is 18.1. The Morgan fingerprint density at radius 1 is 0.920 bits per heavy atom. The Morgan fingerprint density at radius 2 is 1.36 bits per heavy atom. The van der Waals surface area contributed by atoms with Gasteiger partial charge in [-0.3, -0.25) is 4.79 Å². The van der Waals surface area contributed by atoms with Crippen LogP contribution in [0.4, 0.5) is 5.69 Å². The van der Waals surface area contributed by atoms with Crippen LogP contribution in [0.25, 0.3) is 0 Å². The molecule has 0 saturated heterocycles. The number of aliphatic hydroxyl groups is 1. The van der Waals surface area contributed by atoms with Crippen LogP contribution in [-0.2, 0) is 4.79 Å². The molecule has 0 heterocycles. The minimum Gasteiger partial charge on any atom is -0.494 e. The highest BCUT2D eigenvalue weighted by molar-refractivity contribution is 5.88. The third-order valence-electron chi connectivity index (χ3n) is 3.19. The average Bonchev–Trinajstić information content (AvgIpc) is 2.60. The van der Waals surface area contributed by atoms with Crippen LogP contribution in [0.15, 0.2) is 48.5 Å². The van der Waals surface area contributed by atoms with Gasteiger partial charge < -0.3 is 24.6 Å². The standard InChI is InChI=1S/C19H23NO5/c1-3-23-17-8-10-19(11-9-17)25-13-16(22)12-24-18-6-4-15(5-7-18)20-14(2)21/h4-11,16,22H,3,12-13H2,1-2H3,(H,20,21)/t16-/m0/s1. The molecule has 1 amide bonds. The molecule has 2 aromatic carbocycles. The van der Waals surface area contributed by atoms with Crippen molar-refractivity contribution in [1.82, 2.24) is 0 Å². The Labute approximate surface area is 147 Å². The number of amides is 1. The molecule has 0 aromatic heterocycles. The lowest BCUT2D eigenvalue weighted by atomic mass is 10.3. The Bertz CT molecular complexity index is 655. The highest BCUT2D eigenvalue weighted by Gasteiger charge is 2.07. The number of carbonyl (C=O) groups is 1. The summed E-state index contributed by atoms with van der Waals surface area (Å²) in [5.74, 6) is 1.91. The molecule has 0 bridgehead atoms. The number of hydrogen-bond donors (Lipinski definition) is 2. The quantitative estimate of drug-likeness (QED) is 0.731. The first-order chi connectivity index (χ1) is 12.1. The van der Waals surface area contributed by atoms with Crippen LogP contribution in [0.2, 0.25) is 0 Å². The zero-order valence-corrected chi connectivity index (χ0v) is 14.4. The van der Waals surface area contributed by atoms with Gasteiger partial charge in [-0.05, 0) is 55.5 Å². The number of carbonyl (C=O) groups excluding carboxylic acids is 1.